The summed E-state index contributed by atoms with van der Waals surface area (Å²) >= 11 is 0. The van der Waals surface area contributed by atoms with Crippen LogP contribution in [0.15, 0.2) is 24.3 Å². The fraction of sp³-hybridized carbons (Fsp3) is 0.647. The molecule has 0 heteroatoms. The minimum Gasteiger partial charge on any atom is -0.0683 e. The lowest BCUT2D eigenvalue weighted by molar-refractivity contribution is 0.795. The van der Waals surface area contributed by atoms with Gasteiger partial charge in [0.2, 0.25) is 0 Å². The molecular formula is C17H34. The van der Waals surface area contributed by atoms with Crippen molar-refractivity contribution in [2.24, 2.45) is 0 Å². The van der Waals surface area contributed by atoms with E-state index in [-0.39, 0.29) is 0 Å². The third kappa shape index (κ3) is 15.2. The minimum atomic E-state index is 1.23. The highest BCUT2D eigenvalue weighted by molar-refractivity contribution is 5.21. The van der Waals surface area contributed by atoms with Gasteiger partial charge in [-0.3, -0.25) is 0 Å². The average molecular weight is 238 g/mol. The molecule has 0 saturated heterocycles. The summed E-state index contributed by atoms with van der Waals surface area (Å²) in [4.78, 5) is 0. The molecule has 1 aromatic rings. The van der Waals surface area contributed by atoms with Crippen molar-refractivity contribution in [3.05, 3.63) is 35.4 Å². The molecule has 0 heterocycles. The molecule has 0 aliphatic carbocycles. The van der Waals surface area contributed by atoms with E-state index in [1.165, 1.54) is 30.4 Å². The number of benzene rings is 1. The second-order valence-electron chi connectivity index (χ2n) is 3.09. The van der Waals surface area contributed by atoms with E-state index in [2.05, 4.69) is 38.1 Å². The molecule has 0 aromatic heterocycles. The Bertz CT molecular complexity index is 196. The van der Waals surface area contributed by atoms with Gasteiger partial charge < -0.3 is 0 Å². The lowest BCUT2D eigenvalue weighted by atomic mass is 10.1. The molecule has 0 nitrogen and oxygen atoms in total. The average Bonchev–Trinajstić information content (AvgIpc) is 2.45. The van der Waals surface area contributed by atoms with Gasteiger partial charge in [-0.2, -0.15) is 0 Å². The van der Waals surface area contributed by atoms with Crippen molar-refractivity contribution in [3.63, 3.8) is 0 Å². The summed E-state index contributed by atoms with van der Waals surface area (Å²) in [5, 5.41) is 0. The van der Waals surface area contributed by atoms with Crippen LogP contribution in [-0.2, 0) is 6.42 Å². The van der Waals surface area contributed by atoms with E-state index < -0.39 is 0 Å². The molecule has 0 saturated carbocycles. The summed E-state index contributed by atoms with van der Waals surface area (Å²) in [6.07, 6.45) is 3.83. The van der Waals surface area contributed by atoms with Crippen molar-refractivity contribution < 1.29 is 0 Å². The van der Waals surface area contributed by atoms with E-state index in [4.69, 9.17) is 0 Å². The number of rotatable bonds is 3. The number of unbranched alkanes of at least 4 members (excludes halogenated alkanes) is 1. The standard InChI is InChI=1S/C11H16.3C2H6/c1-3-4-5-11-8-6-10(2)7-9-11;3*1-2/h6-9H,3-5H2,1-2H3;3*1-2H3. The molecule has 0 spiro atoms. The monoisotopic (exact) mass is 238 g/mol. The van der Waals surface area contributed by atoms with Gasteiger partial charge in [-0.1, -0.05) is 84.7 Å². The summed E-state index contributed by atoms with van der Waals surface area (Å²) in [6, 6.07) is 8.83. The predicted octanol–water partition coefficient (Wildman–Crippen LogP) is 6.42. The van der Waals surface area contributed by atoms with Crippen molar-refractivity contribution in [2.75, 3.05) is 0 Å². The van der Waals surface area contributed by atoms with Crippen LogP contribution in [0.1, 0.15) is 72.4 Å². The number of aryl methyl sites for hydroxylation is 2. The Kier molecular flexibility index (Phi) is 26.1. The third-order valence-corrected chi connectivity index (χ3v) is 1.94. The Hall–Kier alpha value is -0.780. The van der Waals surface area contributed by atoms with Gasteiger partial charge in [0.25, 0.3) is 0 Å². The highest BCUT2D eigenvalue weighted by Gasteiger charge is 1.90. The van der Waals surface area contributed by atoms with Gasteiger partial charge in [-0.15, -0.1) is 0 Å². The molecule has 0 radical (unpaired) electrons. The van der Waals surface area contributed by atoms with Crippen molar-refractivity contribution in [2.45, 2.75) is 74.7 Å². The summed E-state index contributed by atoms with van der Waals surface area (Å²) in [6.45, 7) is 16.4. The highest BCUT2D eigenvalue weighted by Crippen LogP contribution is 2.06. The maximum atomic E-state index is 2.23. The summed E-state index contributed by atoms with van der Waals surface area (Å²) < 4.78 is 0. The molecule has 0 N–H and O–H groups in total. The minimum absolute atomic E-state index is 1.23. The van der Waals surface area contributed by atoms with E-state index in [9.17, 15) is 0 Å². The molecular weight excluding hydrogens is 204 g/mol. The quantitative estimate of drug-likeness (QED) is 0.570. The van der Waals surface area contributed by atoms with Crippen LogP contribution >= 0.6 is 0 Å². The summed E-state index contributed by atoms with van der Waals surface area (Å²) in [5.41, 5.74) is 2.82. The molecule has 1 rings (SSSR count). The predicted molar refractivity (Wildman–Crippen MR) is 83.8 cm³/mol. The normalized spacial score (nSPS) is 7.53. The lowest BCUT2D eigenvalue weighted by Gasteiger charge is -1.99. The first kappa shape index (κ1) is 21.5. The SMILES string of the molecule is CC.CC.CC.CCCCc1ccc(C)cc1. The smallest absolute Gasteiger partial charge is 0.0279 e. The fourth-order valence-corrected chi connectivity index (χ4v) is 1.14. The van der Waals surface area contributed by atoms with Crippen LogP contribution in [0.25, 0.3) is 0 Å². The van der Waals surface area contributed by atoms with Crippen LogP contribution in [0.3, 0.4) is 0 Å². The Morgan fingerprint density at radius 3 is 1.53 bits per heavy atom. The molecule has 0 bridgehead atoms. The van der Waals surface area contributed by atoms with Crippen LogP contribution in [0.5, 0.6) is 0 Å². The second kappa shape index (κ2) is 20.6. The van der Waals surface area contributed by atoms with E-state index in [0.717, 1.165) is 0 Å². The van der Waals surface area contributed by atoms with Crippen molar-refractivity contribution >= 4 is 0 Å². The van der Waals surface area contributed by atoms with Crippen LogP contribution < -0.4 is 0 Å². The molecule has 17 heavy (non-hydrogen) atoms. The summed E-state index contributed by atoms with van der Waals surface area (Å²) in [7, 11) is 0. The topological polar surface area (TPSA) is 0 Å². The van der Waals surface area contributed by atoms with E-state index in [0.29, 0.717) is 0 Å². The van der Waals surface area contributed by atoms with Gasteiger partial charge in [-0.05, 0) is 25.3 Å². The first-order valence-corrected chi connectivity index (χ1v) is 7.38. The van der Waals surface area contributed by atoms with Crippen molar-refractivity contribution in [1.82, 2.24) is 0 Å². The lowest BCUT2D eigenvalue weighted by Crippen LogP contribution is -1.83. The van der Waals surface area contributed by atoms with Gasteiger partial charge in [0, 0.05) is 0 Å². The Labute approximate surface area is 110 Å². The molecule has 0 unspecified atom stereocenters. The second-order valence-corrected chi connectivity index (χ2v) is 3.09. The zero-order chi connectivity index (χ0) is 14.1. The number of hydrogen-bond donors (Lipinski definition) is 0. The highest BCUT2D eigenvalue weighted by atomic mass is 14.0. The number of hydrogen-bond acceptors (Lipinski definition) is 0. The Morgan fingerprint density at radius 1 is 0.765 bits per heavy atom. The van der Waals surface area contributed by atoms with Crippen molar-refractivity contribution in [1.29, 1.82) is 0 Å². The van der Waals surface area contributed by atoms with Crippen LogP contribution in [-0.4, -0.2) is 0 Å². The largest absolute Gasteiger partial charge is 0.0683 e. The first-order valence-electron chi connectivity index (χ1n) is 7.38. The fourth-order valence-electron chi connectivity index (χ4n) is 1.14. The molecule has 102 valence electrons. The van der Waals surface area contributed by atoms with Crippen LogP contribution in [0, 0.1) is 6.92 Å². The van der Waals surface area contributed by atoms with E-state index in [1.54, 1.807) is 0 Å². The molecule has 0 aliphatic rings. The first-order chi connectivity index (χ1) is 8.33. The van der Waals surface area contributed by atoms with E-state index in [1.807, 2.05) is 41.5 Å². The summed E-state index contributed by atoms with van der Waals surface area (Å²) in [5.74, 6) is 0. The third-order valence-electron chi connectivity index (χ3n) is 1.94. The molecule has 0 atom stereocenters. The van der Waals surface area contributed by atoms with Gasteiger partial charge in [-0.25, -0.2) is 0 Å². The van der Waals surface area contributed by atoms with E-state index >= 15 is 0 Å². The van der Waals surface area contributed by atoms with Gasteiger partial charge in [0.05, 0.1) is 0 Å². The van der Waals surface area contributed by atoms with Gasteiger partial charge >= 0.3 is 0 Å². The molecule has 1 aromatic carbocycles. The molecule has 0 fully saturated rings. The van der Waals surface area contributed by atoms with Crippen LogP contribution in [0.4, 0.5) is 0 Å². The Morgan fingerprint density at radius 2 is 1.18 bits per heavy atom. The Balaban J connectivity index is -0.000000285. The zero-order valence-corrected chi connectivity index (χ0v) is 13.4. The maximum absolute atomic E-state index is 2.23. The maximum Gasteiger partial charge on any atom is -0.0279 e. The van der Waals surface area contributed by atoms with Crippen LogP contribution in [0.2, 0.25) is 0 Å². The van der Waals surface area contributed by atoms with Gasteiger partial charge in [0.1, 0.15) is 0 Å². The zero-order valence-electron chi connectivity index (χ0n) is 13.4. The van der Waals surface area contributed by atoms with Crippen molar-refractivity contribution in [3.8, 4) is 0 Å². The molecule has 0 amide bonds. The molecule has 0 aliphatic heterocycles. The van der Waals surface area contributed by atoms with Gasteiger partial charge in [0.15, 0.2) is 0 Å².